The van der Waals surface area contributed by atoms with E-state index >= 15 is 0 Å². The highest BCUT2D eigenvalue weighted by Gasteiger charge is 2.25. The van der Waals surface area contributed by atoms with Crippen molar-refractivity contribution in [2.24, 2.45) is 0 Å². The van der Waals surface area contributed by atoms with Crippen LogP contribution in [-0.4, -0.2) is 25.8 Å². The number of carbonyl (C=O) groups excluding carboxylic acids is 1. The number of nitrogens with zero attached hydrogens (tertiary/aromatic N) is 5. The number of aromatic nitrogens is 4. The predicted octanol–water partition coefficient (Wildman–Crippen LogP) is 2.81. The molecule has 23 heavy (non-hydrogen) atoms. The lowest BCUT2D eigenvalue weighted by Gasteiger charge is -2.04. The maximum Gasteiger partial charge on any atom is 0.207 e. The molecule has 2 aromatic heterocycles. The van der Waals surface area contributed by atoms with Crippen molar-refractivity contribution in [3.63, 3.8) is 0 Å². The number of pyridine rings is 1. The molecule has 0 aliphatic rings. The fraction of sp³-hybridized carbons (Fsp3) is 0.0625. The Kier molecular flexibility index (Phi) is 4.13. The van der Waals surface area contributed by atoms with Crippen molar-refractivity contribution in [1.82, 2.24) is 20.0 Å². The number of hydrogen-bond donors (Lipinski definition) is 0. The summed E-state index contributed by atoms with van der Waals surface area (Å²) in [6.45, 7) is 0. The zero-order valence-electron chi connectivity index (χ0n) is 11.8. The summed E-state index contributed by atoms with van der Waals surface area (Å²) in [6.07, 6.45) is 2.99. The molecule has 112 valence electrons. The predicted molar refractivity (Wildman–Crippen MR) is 83.3 cm³/mol. The van der Waals surface area contributed by atoms with Crippen LogP contribution in [0.5, 0.6) is 0 Å². The summed E-state index contributed by atoms with van der Waals surface area (Å²) in [5.41, 5.74) is 1.07. The van der Waals surface area contributed by atoms with Gasteiger partial charge >= 0.3 is 0 Å². The van der Waals surface area contributed by atoms with Crippen LogP contribution in [0.1, 0.15) is 22.1 Å². The SMILES string of the molecule is N#C[C@@H](C(=O)c1cn(-c2ccccc2Cl)nn1)c1ccccn1. The molecule has 0 radical (unpaired) electrons. The van der Waals surface area contributed by atoms with Crippen LogP contribution in [0, 0.1) is 11.3 Å². The summed E-state index contributed by atoms with van der Waals surface area (Å²) in [6, 6.07) is 14.1. The molecule has 7 heteroatoms. The van der Waals surface area contributed by atoms with Crippen LogP contribution in [0.15, 0.2) is 54.9 Å². The number of Topliss-reactive ketones (excluding diaryl/α,β-unsaturated/α-hetero) is 1. The molecule has 0 bridgehead atoms. The molecule has 1 atom stereocenters. The number of halogens is 1. The monoisotopic (exact) mass is 323 g/mol. The molecule has 3 aromatic rings. The van der Waals surface area contributed by atoms with Crippen molar-refractivity contribution in [3.05, 3.63) is 71.3 Å². The van der Waals surface area contributed by atoms with E-state index in [1.165, 1.54) is 17.1 Å². The highest BCUT2D eigenvalue weighted by molar-refractivity contribution is 6.32. The van der Waals surface area contributed by atoms with Gasteiger partial charge in [0, 0.05) is 6.20 Å². The minimum absolute atomic E-state index is 0.0853. The summed E-state index contributed by atoms with van der Waals surface area (Å²) in [4.78, 5) is 16.6. The van der Waals surface area contributed by atoms with Crippen molar-refractivity contribution in [2.75, 3.05) is 0 Å². The number of ketones is 1. The van der Waals surface area contributed by atoms with Gasteiger partial charge in [-0.25, -0.2) is 4.68 Å². The maximum absolute atomic E-state index is 12.5. The van der Waals surface area contributed by atoms with E-state index in [0.29, 0.717) is 16.4 Å². The fourth-order valence-corrected chi connectivity index (χ4v) is 2.31. The second kappa shape index (κ2) is 6.38. The standard InChI is InChI=1S/C16H10ClN5O/c17-12-5-1-2-7-15(12)22-10-14(20-21-22)16(23)11(9-18)13-6-3-4-8-19-13/h1-8,10-11H/t11-/m1/s1. The van der Waals surface area contributed by atoms with Crippen LogP contribution in [0.2, 0.25) is 5.02 Å². The normalized spacial score (nSPS) is 11.7. The molecule has 0 unspecified atom stereocenters. The highest BCUT2D eigenvalue weighted by Crippen LogP contribution is 2.21. The Morgan fingerprint density at radius 2 is 2.00 bits per heavy atom. The van der Waals surface area contributed by atoms with E-state index in [2.05, 4.69) is 15.3 Å². The van der Waals surface area contributed by atoms with Gasteiger partial charge in [-0.15, -0.1) is 5.10 Å². The van der Waals surface area contributed by atoms with Gasteiger partial charge in [-0.05, 0) is 24.3 Å². The third-order valence-electron chi connectivity index (χ3n) is 3.22. The smallest absolute Gasteiger partial charge is 0.207 e. The van der Waals surface area contributed by atoms with Crippen molar-refractivity contribution in [3.8, 4) is 11.8 Å². The summed E-state index contributed by atoms with van der Waals surface area (Å²) in [5.74, 6) is -1.47. The van der Waals surface area contributed by atoms with E-state index in [-0.39, 0.29) is 5.69 Å². The second-order valence-electron chi connectivity index (χ2n) is 4.68. The molecule has 3 rings (SSSR count). The van der Waals surface area contributed by atoms with Gasteiger partial charge in [0.1, 0.15) is 0 Å². The molecule has 0 aliphatic heterocycles. The molecule has 0 N–H and O–H groups in total. The lowest BCUT2D eigenvalue weighted by atomic mass is 9.99. The minimum atomic E-state index is -1.02. The van der Waals surface area contributed by atoms with E-state index in [1.54, 1.807) is 42.5 Å². The van der Waals surface area contributed by atoms with Crippen molar-refractivity contribution in [2.45, 2.75) is 5.92 Å². The van der Waals surface area contributed by atoms with Gasteiger partial charge < -0.3 is 0 Å². The first-order chi connectivity index (χ1) is 11.2. The average Bonchev–Trinajstić information content (AvgIpc) is 3.06. The zero-order valence-corrected chi connectivity index (χ0v) is 12.6. The lowest BCUT2D eigenvalue weighted by Crippen LogP contribution is -2.13. The van der Waals surface area contributed by atoms with Gasteiger partial charge in [0.25, 0.3) is 0 Å². The van der Waals surface area contributed by atoms with Crippen LogP contribution in [-0.2, 0) is 0 Å². The summed E-state index contributed by atoms with van der Waals surface area (Å²) < 4.78 is 1.41. The van der Waals surface area contributed by atoms with Crippen LogP contribution in [0.3, 0.4) is 0 Å². The first-order valence-electron chi connectivity index (χ1n) is 6.72. The topological polar surface area (TPSA) is 84.5 Å². The molecular weight excluding hydrogens is 314 g/mol. The number of benzene rings is 1. The van der Waals surface area contributed by atoms with Gasteiger partial charge in [-0.3, -0.25) is 9.78 Å². The highest BCUT2D eigenvalue weighted by atomic mass is 35.5. The largest absolute Gasteiger partial charge is 0.290 e. The number of hydrogen-bond acceptors (Lipinski definition) is 5. The molecule has 0 fully saturated rings. The average molecular weight is 324 g/mol. The first-order valence-corrected chi connectivity index (χ1v) is 7.10. The Morgan fingerprint density at radius 3 is 2.70 bits per heavy atom. The molecule has 0 saturated carbocycles. The molecule has 0 aliphatic carbocycles. The fourth-order valence-electron chi connectivity index (χ4n) is 2.09. The Balaban J connectivity index is 1.93. The quantitative estimate of drug-likeness (QED) is 0.689. The molecular formula is C16H10ClN5O. The molecule has 0 amide bonds. The minimum Gasteiger partial charge on any atom is -0.290 e. The number of rotatable bonds is 4. The van der Waals surface area contributed by atoms with E-state index in [4.69, 9.17) is 11.6 Å². The number of para-hydroxylation sites is 1. The van der Waals surface area contributed by atoms with E-state index in [9.17, 15) is 10.1 Å². The maximum atomic E-state index is 12.5. The molecule has 2 heterocycles. The summed E-state index contributed by atoms with van der Waals surface area (Å²) in [5, 5.41) is 17.5. The van der Waals surface area contributed by atoms with Gasteiger partial charge in [0.05, 0.1) is 28.7 Å². The number of nitriles is 1. The Labute approximate surface area is 137 Å². The van der Waals surface area contributed by atoms with E-state index < -0.39 is 11.7 Å². The first kappa shape index (κ1) is 14.9. The van der Waals surface area contributed by atoms with E-state index in [0.717, 1.165) is 0 Å². The molecule has 0 spiro atoms. The van der Waals surface area contributed by atoms with Crippen LogP contribution in [0.4, 0.5) is 0 Å². The van der Waals surface area contributed by atoms with E-state index in [1.807, 2.05) is 6.07 Å². The Hall–Kier alpha value is -3.04. The van der Waals surface area contributed by atoms with Crippen LogP contribution >= 0.6 is 11.6 Å². The number of carbonyl (C=O) groups is 1. The van der Waals surface area contributed by atoms with Crippen molar-refractivity contribution in [1.29, 1.82) is 5.26 Å². The molecule has 1 aromatic carbocycles. The van der Waals surface area contributed by atoms with Gasteiger partial charge in [-0.2, -0.15) is 5.26 Å². The van der Waals surface area contributed by atoms with Gasteiger partial charge in [0.15, 0.2) is 11.6 Å². The Morgan fingerprint density at radius 1 is 1.22 bits per heavy atom. The lowest BCUT2D eigenvalue weighted by molar-refractivity contribution is 0.0972. The zero-order chi connectivity index (χ0) is 16.2. The Bertz CT molecular complexity index is 885. The van der Waals surface area contributed by atoms with Crippen molar-refractivity contribution < 1.29 is 4.79 Å². The van der Waals surface area contributed by atoms with Crippen LogP contribution < -0.4 is 0 Å². The van der Waals surface area contributed by atoms with Crippen LogP contribution in [0.25, 0.3) is 5.69 Å². The second-order valence-corrected chi connectivity index (χ2v) is 5.09. The van der Waals surface area contributed by atoms with Gasteiger partial charge in [0.2, 0.25) is 5.78 Å². The third-order valence-corrected chi connectivity index (χ3v) is 3.54. The molecule has 6 nitrogen and oxygen atoms in total. The molecule has 0 saturated heterocycles. The summed E-state index contributed by atoms with van der Waals surface area (Å²) in [7, 11) is 0. The van der Waals surface area contributed by atoms with Gasteiger partial charge in [-0.1, -0.05) is 35.0 Å². The van der Waals surface area contributed by atoms with Crippen molar-refractivity contribution >= 4 is 17.4 Å². The summed E-state index contributed by atoms with van der Waals surface area (Å²) >= 11 is 6.10. The third kappa shape index (κ3) is 2.96.